The molecule has 116 heavy (non-hydrogen) atoms. The van der Waals surface area contributed by atoms with Crippen LogP contribution in [0.3, 0.4) is 0 Å². The minimum Gasteiger partial charge on any atom is -0.313 e. The fraction of sp³-hybridized carbons (Fsp3) is 0.291. The molecule has 18 rings (SSSR count). The van der Waals surface area contributed by atoms with Crippen LogP contribution in [-0.2, 0) is 43.3 Å². The molecular formula is C110H114AlN5. The molecule has 5 nitrogen and oxygen atoms in total. The average molecular weight is 1530 g/mol. The summed E-state index contributed by atoms with van der Waals surface area (Å²) in [4.78, 5) is 5.34. The maximum absolute atomic E-state index is 2.67. The first-order valence-electron chi connectivity index (χ1n) is 42.3. The van der Waals surface area contributed by atoms with Crippen molar-refractivity contribution in [2.45, 2.75) is 209 Å². The summed E-state index contributed by atoms with van der Waals surface area (Å²) in [6, 6.07) is 102. The molecule has 0 bridgehead atoms. The maximum atomic E-state index is 2.67. The van der Waals surface area contributed by atoms with Gasteiger partial charge in [-0.15, -0.1) is 0 Å². The van der Waals surface area contributed by atoms with E-state index < -0.39 is 14.1 Å². The fourth-order valence-electron chi connectivity index (χ4n) is 18.5. The number of nitrogens with zero attached hydrogens (tertiary/aromatic N) is 5. The highest BCUT2D eigenvalue weighted by Gasteiger charge is 2.47. The van der Waals surface area contributed by atoms with Gasteiger partial charge in [0.2, 0.25) is 0 Å². The van der Waals surface area contributed by atoms with Crippen LogP contribution >= 0.6 is 0 Å². The SMILES string of the molecule is CC(C)(C)c1cc(-c2ccc3c4ccc(-c5cc(C(C)(C)C)cc(C(C)(C)C)c5)cc4n(-c4cc5[c]6c(c4)N(c4ccccc4)c4cc(-n7c8cc(C(C)(C)C)ccc8c8ccc(C(C)(C)C)cc87)cc[c]4[Al]6[c]4ccc(-n6c7cc(C(C)(C)C)ccc7c7ccc(C(C)(C)C)cc76)cc4N5c4ccccc4)c3c2)cc(C(C)(C)C)c1. The lowest BCUT2D eigenvalue weighted by atomic mass is 9.79. The Morgan fingerprint density at radius 2 is 0.448 bits per heavy atom. The first-order chi connectivity index (χ1) is 54.5. The highest BCUT2D eigenvalue weighted by Crippen LogP contribution is 2.51. The Labute approximate surface area is 693 Å². The third-order valence-corrected chi connectivity index (χ3v) is 29.0. The average Bonchev–Trinajstić information content (AvgIpc) is 0.815. The van der Waals surface area contributed by atoms with Crippen molar-refractivity contribution in [2.75, 3.05) is 9.80 Å². The van der Waals surface area contributed by atoms with Gasteiger partial charge in [-0.3, -0.25) is 0 Å². The van der Waals surface area contributed by atoms with E-state index in [9.17, 15) is 0 Å². The molecule has 0 saturated carbocycles. The maximum Gasteiger partial charge on any atom is 0.396 e. The number of aromatic nitrogens is 3. The minimum atomic E-state index is -2.58. The van der Waals surface area contributed by atoms with Crippen molar-refractivity contribution in [1.29, 1.82) is 0 Å². The minimum absolute atomic E-state index is 0.0771. The molecule has 0 saturated heterocycles. The van der Waals surface area contributed by atoms with Crippen molar-refractivity contribution < 1.29 is 0 Å². The zero-order chi connectivity index (χ0) is 81.9. The molecule has 0 amide bonds. The zero-order valence-corrected chi connectivity index (χ0v) is 74.2. The van der Waals surface area contributed by atoms with Gasteiger partial charge in [0, 0.05) is 77.8 Å². The molecule has 0 spiro atoms. The summed E-state index contributed by atoms with van der Waals surface area (Å²) in [5.74, 6) is 0. The number of hydrogen-bond acceptors (Lipinski definition) is 2. The molecule has 3 aromatic heterocycles. The molecule has 13 aromatic carbocycles. The predicted molar refractivity (Wildman–Crippen MR) is 504 cm³/mol. The van der Waals surface area contributed by atoms with E-state index in [0.717, 1.165) is 39.5 Å². The molecule has 6 heteroatoms. The van der Waals surface area contributed by atoms with Crippen LogP contribution in [-0.4, -0.2) is 27.9 Å². The van der Waals surface area contributed by atoms with E-state index in [4.69, 9.17) is 0 Å². The van der Waals surface area contributed by atoms with Gasteiger partial charge in [0.05, 0.1) is 38.8 Å². The molecule has 0 unspecified atom stereocenters. The normalized spacial score (nSPS) is 13.8. The lowest BCUT2D eigenvalue weighted by Crippen LogP contribution is -2.61. The molecule has 0 atom stereocenters. The third-order valence-electron chi connectivity index (χ3n) is 25.6. The summed E-state index contributed by atoms with van der Waals surface area (Å²) in [5.41, 5.74) is 32.4. The molecule has 0 N–H and O–H groups in total. The zero-order valence-electron chi connectivity index (χ0n) is 73.1. The number of para-hydroxylation sites is 2. The van der Waals surface area contributed by atoms with E-state index in [-0.39, 0.29) is 43.3 Å². The van der Waals surface area contributed by atoms with Crippen molar-refractivity contribution in [3.8, 4) is 39.3 Å². The second kappa shape index (κ2) is 26.5. The van der Waals surface area contributed by atoms with Gasteiger partial charge in [0.1, 0.15) is 0 Å². The van der Waals surface area contributed by atoms with Crippen molar-refractivity contribution in [3.05, 3.63) is 299 Å². The number of rotatable bonds is 7. The Kier molecular flexibility index (Phi) is 17.5. The van der Waals surface area contributed by atoms with Crippen molar-refractivity contribution in [3.63, 3.8) is 0 Å². The van der Waals surface area contributed by atoms with Gasteiger partial charge in [0.15, 0.2) is 0 Å². The van der Waals surface area contributed by atoms with Crippen LogP contribution < -0.4 is 23.1 Å². The van der Waals surface area contributed by atoms with Crippen molar-refractivity contribution in [2.24, 2.45) is 0 Å². The van der Waals surface area contributed by atoms with E-state index in [1.165, 1.54) is 157 Å². The Balaban J connectivity index is 0.993. The Morgan fingerprint density at radius 3 is 0.733 bits per heavy atom. The van der Waals surface area contributed by atoms with E-state index >= 15 is 0 Å². The lowest BCUT2D eigenvalue weighted by molar-refractivity contribution is 0.568. The second-order valence-corrected chi connectivity index (χ2v) is 44.8. The smallest absolute Gasteiger partial charge is 0.313 e. The first kappa shape index (κ1) is 76.7. The molecule has 0 aliphatic carbocycles. The van der Waals surface area contributed by atoms with Gasteiger partial charge in [-0.05, 0) is 207 Å². The molecule has 2 aliphatic heterocycles. The van der Waals surface area contributed by atoms with Crippen LogP contribution in [0.2, 0.25) is 0 Å². The quantitative estimate of drug-likeness (QED) is 0.148. The van der Waals surface area contributed by atoms with Crippen LogP contribution in [0.5, 0.6) is 0 Å². The number of anilines is 6. The van der Waals surface area contributed by atoms with Crippen LogP contribution in [0, 0.1) is 0 Å². The second-order valence-electron chi connectivity index (χ2n) is 42.2. The number of fused-ring (bicyclic) bond motifs is 13. The molecule has 2 aliphatic rings. The Bertz CT molecular complexity index is 6100. The largest absolute Gasteiger partial charge is 0.396 e. The predicted octanol–water partition coefficient (Wildman–Crippen LogP) is 28.8. The summed E-state index contributed by atoms with van der Waals surface area (Å²) < 4.78 is 12.1. The summed E-state index contributed by atoms with van der Waals surface area (Å²) in [6.07, 6.45) is 0. The highest BCUT2D eigenvalue weighted by molar-refractivity contribution is 7.00. The van der Waals surface area contributed by atoms with E-state index in [1.807, 2.05) is 0 Å². The molecule has 5 heterocycles. The fourth-order valence-corrected chi connectivity index (χ4v) is 22.1. The molecular weight excluding hydrogens is 1420 g/mol. The van der Waals surface area contributed by atoms with Crippen LogP contribution in [0.25, 0.3) is 105 Å². The van der Waals surface area contributed by atoms with Crippen LogP contribution in [0.15, 0.2) is 255 Å². The number of hydrogen-bond donors (Lipinski definition) is 0. The van der Waals surface area contributed by atoms with Crippen LogP contribution in [0.4, 0.5) is 34.1 Å². The van der Waals surface area contributed by atoms with Gasteiger partial charge in [-0.2, -0.15) is 0 Å². The van der Waals surface area contributed by atoms with Crippen LogP contribution in [0.1, 0.15) is 211 Å². The van der Waals surface area contributed by atoms with E-state index in [0.29, 0.717) is 0 Å². The first-order valence-corrected chi connectivity index (χ1v) is 44.0. The molecule has 0 fully saturated rings. The summed E-state index contributed by atoms with van der Waals surface area (Å²) in [5, 5.41) is 7.47. The Morgan fingerprint density at radius 1 is 0.190 bits per heavy atom. The van der Waals surface area contributed by atoms with Gasteiger partial charge in [-0.1, -0.05) is 337 Å². The van der Waals surface area contributed by atoms with Gasteiger partial charge in [-0.25, -0.2) is 0 Å². The van der Waals surface area contributed by atoms with Gasteiger partial charge in [0.25, 0.3) is 0 Å². The number of benzene rings is 13. The summed E-state index contributed by atoms with van der Waals surface area (Å²) in [6.45, 7) is 56.4. The Hall–Kier alpha value is -10.6. The molecule has 582 valence electrons. The summed E-state index contributed by atoms with van der Waals surface area (Å²) >= 11 is -2.58. The monoisotopic (exact) mass is 1530 g/mol. The molecule has 0 radical (unpaired) electrons. The standard InChI is InChI=1S/C110H114N5.Al/c1-103(2,3)74-43-49-93-94-50-44-75(104(4,5)6)62-100(94)113(99(93)61-74)86-39-31-37-84(65-86)111(82-33-27-25-28-34-82)88-67-89(112(83-35-29-26-30-36-83)85-38-32-40-87(66-85)114-101-63-76(105(7,8)9)45-51-95(101)96-52-46-77(64-102(96)114)106(10,11)12)69-90(68-88)115-97-57-70(72-53-78(107(13,14)15)59-79(54-72)108(16,17)18)41-47-91(97)92-48-42-71(58-98(92)115)73-55-80(109(19,20)21)60-81(56-73)110(22,23)24;/h25-36,39-66,68-69H,1-24H3;. The topological polar surface area (TPSA) is 21.3 Å². The van der Waals surface area contributed by atoms with Gasteiger partial charge >= 0.3 is 14.1 Å². The van der Waals surface area contributed by atoms with Gasteiger partial charge < -0.3 is 23.5 Å². The third kappa shape index (κ3) is 12.9. The van der Waals surface area contributed by atoms with Crippen molar-refractivity contribution >= 4 is 127 Å². The van der Waals surface area contributed by atoms with E-state index in [2.05, 4.69) is 444 Å². The summed E-state index contributed by atoms with van der Waals surface area (Å²) in [7, 11) is 0. The van der Waals surface area contributed by atoms with Crippen molar-refractivity contribution in [1.82, 2.24) is 13.7 Å². The highest BCUT2D eigenvalue weighted by atomic mass is 27.2. The van der Waals surface area contributed by atoms with E-state index in [1.54, 1.807) is 0 Å². The lowest BCUT2D eigenvalue weighted by Gasteiger charge is -2.44. The molecule has 16 aromatic rings.